The molecule has 0 spiro atoms. The van der Waals surface area contributed by atoms with Gasteiger partial charge in [0.25, 0.3) is 11.8 Å². The molecule has 164 valence electrons. The number of methoxy groups -OCH3 is 2. The van der Waals surface area contributed by atoms with Crippen LogP contribution in [0.5, 0.6) is 17.2 Å². The SMILES string of the molecule is CCOc1ccc(C2=C(N(C)CCO)C(=O)N(c3ccc(OC)cc3OC)C2=O)cc1. The van der Waals surface area contributed by atoms with E-state index in [1.807, 2.05) is 6.92 Å². The maximum Gasteiger partial charge on any atom is 0.282 e. The summed E-state index contributed by atoms with van der Waals surface area (Å²) in [7, 11) is 4.65. The lowest BCUT2D eigenvalue weighted by atomic mass is 10.0. The van der Waals surface area contributed by atoms with Crippen molar-refractivity contribution in [2.75, 3.05) is 45.9 Å². The number of anilines is 1. The second-order valence-electron chi connectivity index (χ2n) is 6.81. The Balaban J connectivity index is 2.10. The standard InChI is InChI=1S/C23H26N2O6/c1-5-31-16-8-6-15(7-9-16)20-21(24(2)12-13-26)23(28)25(22(20)27)18-11-10-17(29-3)14-19(18)30-4/h6-11,14,26H,5,12-13H2,1-4H3. The van der Waals surface area contributed by atoms with Gasteiger partial charge in [0.05, 0.1) is 38.7 Å². The van der Waals surface area contributed by atoms with Gasteiger partial charge in [-0.25, -0.2) is 4.90 Å². The van der Waals surface area contributed by atoms with E-state index in [1.165, 1.54) is 14.2 Å². The van der Waals surface area contributed by atoms with Crippen molar-refractivity contribution in [3.05, 3.63) is 53.7 Å². The fraction of sp³-hybridized carbons (Fsp3) is 0.304. The Kier molecular flexibility index (Phi) is 6.81. The number of rotatable bonds is 9. The largest absolute Gasteiger partial charge is 0.497 e. The molecule has 0 atom stereocenters. The number of carbonyl (C=O) groups excluding carboxylic acids is 2. The van der Waals surface area contributed by atoms with Crippen molar-refractivity contribution >= 4 is 23.1 Å². The minimum Gasteiger partial charge on any atom is -0.497 e. The number of benzene rings is 2. The maximum atomic E-state index is 13.5. The molecule has 0 saturated heterocycles. The van der Waals surface area contributed by atoms with Crippen LogP contribution in [0.4, 0.5) is 5.69 Å². The van der Waals surface area contributed by atoms with Crippen LogP contribution in [0.3, 0.4) is 0 Å². The molecule has 31 heavy (non-hydrogen) atoms. The second-order valence-corrected chi connectivity index (χ2v) is 6.81. The number of aliphatic hydroxyl groups is 1. The molecule has 3 rings (SSSR count). The number of hydrogen-bond donors (Lipinski definition) is 1. The molecule has 0 fully saturated rings. The number of hydrogen-bond acceptors (Lipinski definition) is 7. The van der Waals surface area contributed by atoms with Gasteiger partial charge in [0.1, 0.15) is 22.9 Å². The van der Waals surface area contributed by atoms with E-state index in [0.29, 0.717) is 35.1 Å². The summed E-state index contributed by atoms with van der Waals surface area (Å²) in [5.41, 5.74) is 1.36. The van der Waals surface area contributed by atoms with Crippen molar-refractivity contribution in [2.24, 2.45) is 0 Å². The number of amides is 2. The third-order valence-corrected chi connectivity index (χ3v) is 4.96. The molecule has 2 aromatic carbocycles. The molecule has 0 unspecified atom stereocenters. The second kappa shape index (κ2) is 9.53. The quantitative estimate of drug-likeness (QED) is 0.616. The summed E-state index contributed by atoms with van der Waals surface area (Å²) >= 11 is 0. The smallest absolute Gasteiger partial charge is 0.282 e. The fourth-order valence-corrected chi connectivity index (χ4v) is 3.47. The van der Waals surface area contributed by atoms with Crippen LogP contribution < -0.4 is 19.1 Å². The molecule has 0 radical (unpaired) electrons. The zero-order valence-electron chi connectivity index (χ0n) is 18.0. The van der Waals surface area contributed by atoms with Crippen LogP contribution in [-0.4, -0.2) is 62.8 Å². The monoisotopic (exact) mass is 426 g/mol. The van der Waals surface area contributed by atoms with Crippen LogP contribution in [0.1, 0.15) is 12.5 Å². The highest BCUT2D eigenvalue weighted by atomic mass is 16.5. The Morgan fingerprint density at radius 1 is 0.968 bits per heavy atom. The third kappa shape index (κ3) is 4.20. The highest BCUT2D eigenvalue weighted by Gasteiger charge is 2.42. The maximum absolute atomic E-state index is 13.5. The van der Waals surface area contributed by atoms with Crippen molar-refractivity contribution in [2.45, 2.75) is 6.92 Å². The lowest BCUT2D eigenvalue weighted by molar-refractivity contribution is -0.120. The number of imide groups is 1. The third-order valence-electron chi connectivity index (χ3n) is 4.96. The predicted octanol–water partition coefficient (Wildman–Crippen LogP) is 2.31. The molecule has 1 N–H and O–H groups in total. The van der Waals surface area contributed by atoms with Crippen molar-refractivity contribution in [3.63, 3.8) is 0 Å². The van der Waals surface area contributed by atoms with Gasteiger partial charge in [-0.15, -0.1) is 0 Å². The zero-order valence-corrected chi connectivity index (χ0v) is 18.0. The molecule has 1 aliphatic rings. The van der Waals surface area contributed by atoms with E-state index < -0.39 is 11.8 Å². The van der Waals surface area contributed by atoms with E-state index in [-0.39, 0.29) is 24.4 Å². The van der Waals surface area contributed by atoms with Gasteiger partial charge in [-0.3, -0.25) is 9.59 Å². The number of ether oxygens (including phenoxy) is 3. The van der Waals surface area contributed by atoms with E-state index in [1.54, 1.807) is 54.4 Å². The Labute approximate surface area is 181 Å². The van der Waals surface area contributed by atoms with Crippen LogP contribution >= 0.6 is 0 Å². The zero-order chi connectivity index (χ0) is 22.5. The molecule has 8 heteroatoms. The summed E-state index contributed by atoms with van der Waals surface area (Å²) in [5, 5.41) is 9.40. The summed E-state index contributed by atoms with van der Waals surface area (Å²) in [4.78, 5) is 29.6. The first-order chi connectivity index (χ1) is 15.0. The first kappa shape index (κ1) is 22.2. The Hall–Kier alpha value is -3.52. The van der Waals surface area contributed by atoms with Gasteiger partial charge < -0.3 is 24.2 Å². The normalized spacial score (nSPS) is 13.6. The van der Waals surface area contributed by atoms with Crippen LogP contribution in [0.25, 0.3) is 5.57 Å². The van der Waals surface area contributed by atoms with E-state index in [9.17, 15) is 14.7 Å². The lowest BCUT2D eigenvalue weighted by Gasteiger charge is -2.21. The average Bonchev–Trinajstić information content (AvgIpc) is 3.04. The molecule has 2 amide bonds. The van der Waals surface area contributed by atoms with Crippen LogP contribution in [-0.2, 0) is 9.59 Å². The number of likely N-dealkylation sites (N-methyl/N-ethyl adjacent to an activating group) is 1. The number of aliphatic hydroxyl groups excluding tert-OH is 1. The highest BCUT2D eigenvalue weighted by Crippen LogP contribution is 2.40. The van der Waals surface area contributed by atoms with E-state index in [2.05, 4.69) is 0 Å². The molecule has 1 aliphatic heterocycles. The van der Waals surface area contributed by atoms with Gasteiger partial charge in [-0.1, -0.05) is 12.1 Å². The Morgan fingerprint density at radius 2 is 1.65 bits per heavy atom. The molecule has 2 aromatic rings. The number of nitrogens with zero attached hydrogens (tertiary/aromatic N) is 2. The minimum atomic E-state index is -0.492. The molecular formula is C23H26N2O6. The van der Waals surface area contributed by atoms with Crippen molar-refractivity contribution in [3.8, 4) is 17.2 Å². The van der Waals surface area contributed by atoms with Gasteiger partial charge in [-0.05, 0) is 36.8 Å². The topological polar surface area (TPSA) is 88.5 Å². The van der Waals surface area contributed by atoms with E-state index in [4.69, 9.17) is 14.2 Å². The Morgan fingerprint density at radius 3 is 2.23 bits per heavy atom. The summed E-state index contributed by atoms with van der Waals surface area (Å²) in [6.07, 6.45) is 0. The predicted molar refractivity (Wildman–Crippen MR) is 116 cm³/mol. The molecule has 0 bridgehead atoms. The summed E-state index contributed by atoms with van der Waals surface area (Å²) in [6, 6.07) is 11.9. The molecular weight excluding hydrogens is 400 g/mol. The lowest BCUT2D eigenvalue weighted by Crippen LogP contribution is -2.35. The van der Waals surface area contributed by atoms with Crippen molar-refractivity contribution in [1.82, 2.24) is 4.90 Å². The van der Waals surface area contributed by atoms with Crippen LogP contribution in [0, 0.1) is 0 Å². The van der Waals surface area contributed by atoms with Crippen LogP contribution in [0.15, 0.2) is 48.2 Å². The first-order valence-electron chi connectivity index (χ1n) is 9.87. The summed E-state index contributed by atoms with van der Waals surface area (Å²) in [5.74, 6) is 0.573. The molecule has 0 saturated carbocycles. The molecule has 8 nitrogen and oxygen atoms in total. The van der Waals surface area contributed by atoms with Crippen molar-refractivity contribution in [1.29, 1.82) is 0 Å². The van der Waals surface area contributed by atoms with Crippen LogP contribution in [0.2, 0.25) is 0 Å². The number of carbonyl (C=O) groups is 2. The van der Waals surface area contributed by atoms with Gasteiger partial charge in [0, 0.05) is 19.7 Å². The first-order valence-corrected chi connectivity index (χ1v) is 9.87. The summed E-state index contributed by atoms with van der Waals surface area (Å²) < 4.78 is 16.1. The Bertz CT molecular complexity index is 1000. The molecule has 0 aliphatic carbocycles. The molecule has 0 aromatic heterocycles. The summed E-state index contributed by atoms with van der Waals surface area (Å²) in [6.45, 7) is 2.44. The van der Waals surface area contributed by atoms with Gasteiger partial charge >= 0.3 is 0 Å². The van der Waals surface area contributed by atoms with E-state index in [0.717, 1.165) is 4.90 Å². The van der Waals surface area contributed by atoms with Gasteiger partial charge in [0.2, 0.25) is 0 Å². The van der Waals surface area contributed by atoms with Crippen molar-refractivity contribution < 1.29 is 28.9 Å². The molecule has 1 heterocycles. The van der Waals surface area contributed by atoms with Gasteiger partial charge in [-0.2, -0.15) is 0 Å². The van der Waals surface area contributed by atoms with Gasteiger partial charge in [0.15, 0.2) is 0 Å². The highest BCUT2D eigenvalue weighted by molar-refractivity contribution is 6.45. The van der Waals surface area contributed by atoms with E-state index >= 15 is 0 Å². The average molecular weight is 426 g/mol. The minimum absolute atomic E-state index is 0.163. The fourth-order valence-electron chi connectivity index (χ4n) is 3.47.